The van der Waals surface area contributed by atoms with Gasteiger partial charge in [0.15, 0.2) is 5.96 Å². The fraction of sp³-hybridized carbons (Fsp3) is 0.400. The van der Waals surface area contributed by atoms with Crippen molar-refractivity contribution in [1.29, 1.82) is 0 Å². The van der Waals surface area contributed by atoms with Crippen LogP contribution in [-0.2, 0) is 68.8 Å². The predicted molar refractivity (Wildman–Crippen MR) is 349 cm³/mol. The Balaban J connectivity index is 1.02. The van der Waals surface area contributed by atoms with Crippen molar-refractivity contribution in [3.05, 3.63) is 138 Å². The summed E-state index contributed by atoms with van der Waals surface area (Å²) in [4.78, 5) is 149. The zero-order chi connectivity index (χ0) is 67.1. The number of para-hydroxylation sites is 2. The van der Waals surface area contributed by atoms with E-state index in [1.807, 2.05) is 62.4 Å². The molecule has 0 saturated carbocycles. The predicted octanol–water partition coefficient (Wildman–Crippen LogP) is 0.439. The van der Waals surface area contributed by atoms with E-state index in [0.717, 1.165) is 27.4 Å². The molecule has 0 radical (unpaired) electrons. The minimum absolute atomic E-state index is 0.00706. The smallest absolute Gasteiger partial charge is 0.334 e. The van der Waals surface area contributed by atoms with Crippen LogP contribution in [0, 0.1) is 5.92 Å². The molecule has 2 aromatic heterocycles. The van der Waals surface area contributed by atoms with Gasteiger partial charge < -0.3 is 74.8 Å². The molecule has 0 aliphatic carbocycles. The summed E-state index contributed by atoms with van der Waals surface area (Å²) in [5.41, 5.74) is 26.4. The summed E-state index contributed by atoms with van der Waals surface area (Å²) in [5.74, 6) is -6.33. The number of likely N-dealkylation sites (tertiary alicyclic amines) is 1. The number of aromatic nitrogens is 2. The van der Waals surface area contributed by atoms with Gasteiger partial charge in [0.25, 0.3) is 5.91 Å². The molecule has 7 rings (SSSR count). The number of nitrogens with zero attached hydrogens (tertiary/aromatic N) is 2. The molecule has 1 fully saturated rings. The van der Waals surface area contributed by atoms with Gasteiger partial charge in [-0.1, -0.05) is 92.7 Å². The van der Waals surface area contributed by atoms with Crippen LogP contribution >= 0.6 is 0 Å². The molecule has 11 amide bonds. The fourth-order valence-corrected chi connectivity index (χ4v) is 11.2. The molecule has 6 aromatic rings. The number of primary amides is 2. The van der Waals surface area contributed by atoms with Crippen molar-refractivity contribution >= 4 is 87.0 Å². The summed E-state index contributed by atoms with van der Waals surface area (Å²) in [6, 6.07) is 19.4. The lowest BCUT2D eigenvalue weighted by Crippen LogP contribution is -2.60. The Labute approximate surface area is 537 Å². The number of carbonyl (C=O) groups is 10. The number of aromatic amines is 2. The number of benzene rings is 4. The van der Waals surface area contributed by atoms with Crippen molar-refractivity contribution in [3.8, 4) is 5.75 Å². The van der Waals surface area contributed by atoms with E-state index in [2.05, 4.69) is 68.3 Å². The first kappa shape index (κ1) is 70.0. The van der Waals surface area contributed by atoms with Gasteiger partial charge in [0.2, 0.25) is 47.3 Å². The van der Waals surface area contributed by atoms with E-state index in [1.54, 1.807) is 59.8 Å². The first-order chi connectivity index (χ1) is 44.5. The lowest BCUT2D eigenvalue weighted by molar-refractivity contribution is -0.132. The molecule has 0 unspecified atom stereocenters. The minimum atomic E-state index is -1.30. The maximum absolute atomic E-state index is 14.6. The first-order valence-electron chi connectivity index (χ1n) is 30.9. The Morgan fingerprint density at radius 1 is 0.602 bits per heavy atom. The Morgan fingerprint density at radius 3 is 1.74 bits per heavy atom. The number of amides is 11. The Morgan fingerprint density at radius 2 is 1.14 bits per heavy atom. The van der Waals surface area contributed by atoms with E-state index < -0.39 is 108 Å². The third-order valence-corrected chi connectivity index (χ3v) is 15.9. The minimum Gasteiger partial charge on any atom is -0.508 e. The van der Waals surface area contributed by atoms with Crippen LogP contribution < -0.4 is 70.6 Å². The summed E-state index contributed by atoms with van der Waals surface area (Å²) in [6.07, 6.45) is 4.33. The molecule has 93 heavy (non-hydrogen) atoms. The van der Waals surface area contributed by atoms with Gasteiger partial charge in [0.1, 0.15) is 42.0 Å². The molecular formula is C65H85N17O11. The second kappa shape index (κ2) is 34.1. The second-order valence-corrected chi connectivity index (χ2v) is 23.6. The standard InChI is InChI=1S/C65H85N17O11/c1-37(2)28-51(60(89)75-49(20-12-26-70-64(68)69-4)58(87)76-50(57(67)86)31-41-34-71-47-18-10-8-16-45(41)47)79-65(93)81-80-62(91)53(29-39-14-6-5-7-15-39)78-63(92)55-21-13-27-82(55)36-43(33-56(66)85)74-59(88)54(32-42-35-72-48-19-11-9-17-46(42)48)77-61(90)52(73-38(3)83)30-40-22-24-44(84)25-23-40/h5-11,14-19,22-25,34-35,37,43,49-55,71-72,84H,12-13,20-21,26-33,36H2,1-4H3,(H2,66,85)(H2,67,86)(H,73,83)(H,74,88)(H,75,89)(H,76,87)(H,77,90)(H,78,92)(H,80,91)(H3,68,69,70)(H2,79,81,93)/t43-,49-,50-,51-,52+,53-,54+,55+/m0/s1. The second-order valence-electron chi connectivity index (χ2n) is 23.6. The van der Waals surface area contributed by atoms with Crippen LogP contribution in [0.1, 0.15) is 81.5 Å². The van der Waals surface area contributed by atoms with Crippen molar-refractivity contribution in [1.82, 2.24) is 68.3 Å². The number of phenolic OH excluding ortho intramolecular Hbond substituents is 1. The molecule has 0 bridgehead atoms. The molecule has 28 nitrogen and oxygen atoms in total. The van der Waals surface area contributed by atoms with E-state index >= 15 is 0 Å². The van der Waals surface area contributed by atoms with Crippen LogP contribution in [0.5, 0.6) is 5.75 Å². The maximum atomic E-state index is 14.6. The summed E-state index contributed by atoms with van der Waals surface area (Å²) in [7, 11) is 1.50. The van der Waals surface area contributed by atoms with Gasteiger partial charge in [-0.3, -0.25) is 58.5 Å². The third kappa shape index (κ3) is 21.3. The Kier molecular flexibility index (Phi) is 25.6. The van der Waals surface area contributed by atoms with Crippen molar-refractivity contribution in [2.45, 2.75) is 133 Å². The summed E-state index contributed by atoms with van der Waals surface area (Å²) in [6.45, 7) is 5.43. The van der Waals surface area contributed by atoms with Gasteiger partial charge in [0.05, 0.1) is 12.1 Å². The molecule has 3 heterocycles. The largest absolute Gasteiger partial charge is 0.508 e. The molecule has 8 atom stereocenters. The highest BCUT2D eigenvalue weighted by molar-refractivity contribution is 5.96. The summed E-state index contributed by atoms with van der Waals surface area (Å²) in [5, 5.41) is 33.7. The van der Waals surface area contributed by atoms with Gasteiger partial charge in [-0.15, -0.1) is 0 Å². The number of guanidine groups is 1. The number of urea groups is 1. The number of hydrazine groups is 1. The number of phenols is 1. The van der Waals surface area contributed by atoms with Crippen LogP contribution in [0.25, 0.3) is 21.8 Å². The van der Waals surface area contributed by atoms with E-state index in [1.165, 1.54) is 26.1 Å². The molecule has 496 valence electrons. The first-order valence-corrected chi connectivity index (χ1v) is 30.9. The number of carbonyl (C=O) groups excluding carboxylic acids is 10. The monoisotopic (exact) mass is 1280 g/mol. The number of aromatic hydroxyl groups is 1. The number of aliphatic imine (C=N–C) groups is 1. The van der Waals surface area contributed by atoms with Crippen LogP contribution in [0.3, 0.4) is 0 Å². The SMILES string of the molecule is CN=C(N)NCCC[C@H](NC(=O)[C@H](CC(C)C)NC(=O)NNC(=O)[C@H](Cc1ccccc1)NC(=O)[C@H]1CCCN1C[C@H](CC(N)=O)NC(=O)[C@@H](Cc1c[nH]c2ccccc12)NC(=O)[C@@H](Cc1ccc(O)cc1)NC(C)=O)C(=O)N[C@@H](Cc1c[nH]c2ccccc12)C(N)=O. The Hall–Kier alpha value is -10.5. The molecule has 28 heteroatoms. The van der Waals surface area contributed by atoms with Crippen molar-refractivity contribution in [2.24, 2.45) is 28.1 Å². The number of hydrogen-bond donors (Lipinski definition) is 16. The summed E-state index contributed by atoms with van der Waals surface area (Å²) < 4.78 is 0. The van der Waals surface area contributed by atoms with Gasteiger partial charge in [-0.05, 0) is 91.1 Å². The van der Waals surface area contributed by atoms with E-state index in [4.69, 9.17) is 17.2 Å². The third-order valence-electron chi connectivity index (χ3n) is 15.9. The topological polar surface area (TPSA) is 436 Å². The van der Waals surface area contributed by atoms with Crippen LogP contribution in [-0.4, -0.2) is 160 Å². The average Bonchev–Trinajstić information content (AvgIpc) is 1.76. The lowest BCUT2D eigenvalue weighted by atomic mass is 10.0. The molecule has 1 aliphatic rings. The van der Waals surface area contributed by atoms with Crippen LogP contribution in [0.2, 0.25) is 0 Å². The van der Waals surface area contributed by atoms with Crippen molar-refractivity contribution < 1.29 is 53.1 Å². The number of nitrogens with one attached hydrogen (secondary N) is 12. The molecule has 1 aliphatic heterocycles. The van der Waals surface area contributed by atoms with E-state index in [0.29, 0.717) is 42.5 Å². The van der Waals surface area contributed by atoms with Gasteiger partial charge in [-0.25, -0.2) is 10.2 Å². The highest BCUT2D eigenvalue weighted by Crippen LogP contribution is 2.23. The van der Waals surface area contributed by atoms with Crippen molar-refractivity contribution in [2.75, 3.05) is 26.7 Å². The zero-order valence-electron chi connectivity index (χ0n) is 52.5. The average molecular weight is 1280 g/mol. The molecule has 19 N–H and O–H groups in total. The number of fused-ring (bicyclic) bond motifs is 2. The normalized spacial score (nSPS) is 15.5. The van der Waals surface area contributed by atoms with Gasteiger partial charge >= 0.3 is 6.03 Å². The zero-order valence-corrected chi connectivity index (χ0v) is 52.5. The van der Waals surface area contributed by atoms with Crippen LogP contribution in [0.4, 0.5) is 4.79 Å². The van der Waals surface area contributed by atoms with Crippen LogP contribution in [0.15, 0.2) is 121 Å². The van der Waals surface area contributed by atoms with E-state index in [9.17, 15) is 53.1 Å². The lowest BCUT2D eigenvalue weighted by Gasteiger charge is -2.31. The van der Waals surface area contributed by atoms with E-state index in [-0.39, 0.29) is 75.7 Å². The number of hydrogen-bond acceptors (Lipinski definition) is 13. The quantitative estimate of drug-likeness (QED) is 0.0118. The number of H-pyrrole nitrogens is 2. The highest BCUT2D eigenvalue weighted by atomic mass is 16.3. The maximum Gasteiger partial charge on any atom is 0.334 e. The molecule has 0 spiro atoms. The van der Waals surface area contributed by atoms with Gasteiger partial charge in [0, 0.05) is 93.4 Å². The fourth-order valence-electron chi connectivity index (χ4n) is 11.2. The highest BCUT2D eigenvalue weighted by Gasteiger charge is 2.37. The Bertz CT molecular complexity index is 3610. The molecule has 4 aromatic carbocycles. The van der Waals surface area contributed by atoms with Crippen molar-refractivity contribution in [3.63, 3.8) is 0 Å². The summed E-state index contributed by atoms with van der Waals surface area (Å²) >= 11 is 0. The number of rotatable bonds is 32. The molecule has 1 saturated heterocycles. The molecular weight excluding hydrogens is 1190 g/mol. The number of nitrogens with two attached hydrogens (primary N) is 3. The van der Waals surface area contributed by atoms with Gasteiger partial charge in [-0.2, -0.15) is 0 Å².